The molecule has 1 heterocycles. The van der Waals surface area contributed by atoms with E-state index in [1.54, 1.807) is 0 Å². The molecular formula is C9H12ClF2N3. The summed E-state index contributed by atoms with van der Waals surface area (Å²) in [7, 11) is 0. The van der Waals surface area contributed by atoms with Crippen LogP contribution in [-0.2, 0) is 6.42 Å². The van der Waals surface area contributed by atoms with Crippen LogP contribution in [0.25, 0.3) is 0 Å². The molecule has 0 atom stereocenters. The summed E-state index contributed by atoms with van der Waals surface area (Å²) in [6.45, 7) is 1.55. The molecule has 15 heavy (non-hydrogen) atoms. The molecule has 1 rings (SSSR count). The molecule has 6 heteroatoms. The predicted molar refractivity (Wildman–Crippen MR) is 55.5 cm³/mol. The van der Waals surface area contributed by atoms with E-state index in [2.05, 4.69) is 15.3 Å². The van der Waals surface area contributed by atoms with Crippen molar-refractivity contribution >= 4 is 17.4 Å². The SMILES string of the molecule is CCCc1nc(Cl)cc(NCC(F)F)n1. The second-order valence-electron chi connectivity index (χ2n) is 3.01. The number of aryl methyl sites for hydroxylation is 1. The van der Waals surface area contributed by atoms with Crippen LogP contribution in [0.2, 0.25) is 5.15 Å². The van der Waals surface area contributed by atoms with Gasteiger partial charge >= 0.3 is 0 Å². The van der Waals surface area contributed by atoms with Crippen LogP contribution >= 0.6 is 11.6 Å². The molecule has 0 aliphatic rings. The summed E-state index contributed by atoms with van der Waals surface area (Å²) in [6.07, 6.45) is -0.841. The lowest BCUT2D eigenvalue weighted by Crippen LogP contribution is -2.12. The third kappa shape index (κ3) is 4.38. The summed E-state index contributed by atoms with van der Waals surface area (Å²) < 4.78 is 23.9. The van der Waals surface area contributed by atoms with Crippen molar-refractivity contribution in [2.45, 2.75) is 26.2 Å². The van der Waals surface area contributed by atoms with Crippen LogP contribution in [0, 0.1) is 0 Å². The van der Waals surface area contributed by atoms with Crippen molar-refractivity contribution < 1.29 is 8.78 Å². The highest BCUT2D eigenvalue weighted by Gasteiger charge is 2.05. The highest BCUT2D eigenvalue weighted by molar-refractivity contribution is 6.29. The molecule has 84 valence electrons. The molecule has 0 aliphatic carbocycles. The fraction of sp³-hybridized carbons (Fsp3) is 0.556. The maximum atomic E-state index is 11.9. The van der Waals surface area contributed by atoms with E-state index in [9.17, 15) is 8.78 Å². The lowest BCUT2D eigenvalue weighted by Gasteiger charge is -2.06. The number of hydrogen-bond donors (Lipinski definition) is 1. The summed E-state index contributed by atoms with van der Waals surface area (Å²) >= 11 is 5.72. The monoisotopic (exact) mass is 235 g/mol. The van der Waals surface area contributed by atoms with Crippen LogP contribution < -0.4 is 5.32 Å². The fourth-order valence-corrected chi connectivity index (χ4v) is 1.27. The summed E-state index contributed by atoms with van der Waals surface area (Å²) in [5, 5.41) is 2.77. The molecule has 0 fully saturated rings. The second-order valence-corrected chi connectivity index (χ2v) is 3.40. The summed E-state index contributed by atoms with van der Waals surface area (Å²) in [5.74, 6) is 0.917. The van der Waals surface area contributed by atoms with E-state index in [1.807, 2.05) is 6.92 Å². The Morgan fingerprint density at radius 3 is 2.80 bits per heavy atom. The first-order valence-corrected chi connectivity index (χ1v) is 5.05. The van der Waals surface area contributed by atoms with E-state index in [0.717, 1.165) is 6.42 Å². The fourth-order valence-electron chi connectivity index (χ4n) is 1.07. The number of aromatic nitrogens is 2. The number of anilines is 1. The molecule has 1 aromatic rings. The van der Waals surface area contributed by atoms with E-state index in [4.69, 9.17) is 11.6 Å². The Kier molecular flexibility index (Phi) is 4.68. The maximum absolute atomic E-state index is 11.9. The second kappa shape index (κ2) is 5.80. The Bertz CT molecular complexity index is 320. The average Bonchev–Trinajstić information content (AvgIpc) is 2.14. The van der Waals surface area contributed by atoms with E-state index in [0.29, 0.717) is 18.1 Å². The summed E-state index contributed by atoms with van der Waals surface area (Å²) in [4.78, 5) is 8.03. The number of halogens is 3. The Morgan fingerprint density at radius 1 is 1.47 bits per heavy atom. The first kappa shape index (κ1) is 12.1. The molecule has 0 saturated carbocycles. The van der Waals surface area contributed by atoms with Gasteiger partial charge in [-0.05, 0) is 6.42 Å². The lowest BCUT2D eigenvalue weighted by atomic mass is 10.3. The van der Waals surface area contributed by atoms with Crippen LogP contribution in [0.15, 0.2) is 6.07 Å². The van der Waals surface area contributed by atoms with Gasteiger partial charge in [0, 0.05) is 12.5 Å². The van der Waals surface area contributed by atoms with E-state index in [-0.39, 0.29) is 5.15 Å². The van der Waals surface area contributed by atoms with Gasteiger partial charge in [-0.3, -0.25) is 0 Å². The van der Waals surface area contributed by atoms with Gasteiger partial charge in [0.2, 0.25) is 0 Å². The van der Waals surface area contributed by atoms with Gasteiger partial charge in [0.15, 0.2) is 0 Å². The Hall–Kier alpha value is -0.970. The van der Waals surface area contributed by atoms with E-state index in [1.165, 1.54) is 6.07 Å². The van der Waals surface area contributed by atoms with Crippen molar-refractivity contribution in [1.29, 1.82) is 0 Å². The zero-order valence-corrected chi connectivity index (χ0v) is 9.06. The third-order valence-electron chi connectivity index (χ3n) is 1.65. The minimum Gasteiger partial charge on any atom is -0.364 e. The van der Waals surface area contributed by atoms with Gasteiger partial charge in [0.05, 0.1) is 6.54 Å². The Morgan fingerprint density at radius 2 is 2.20 bits per heavy atom. The predicted octanol–water partition coefficient (Wildman–Crippen LogP) is 2.76. The first-order valence-electron chi connectivity index (χ1n) is 4.67. The van der Waals surface area contributed by atoms with E-state index < -0.39 is 13.0 Å². The summed E-state index contributed by atoms with van der Waals surface area (Å²) in [6, 6.07) is 1.43. The molecular weight excluding hydrogens is 224 g/mol. The number of alkyl halides is 2. The quantitative estimate of drug-likeness (QED) is 0.798. The van der Waals surface area contributed by atoms with Crippen LogP contribution in [0.3, 0.4) is 0 Å². The minimum absolute atomic E-state index is 0.269. The summed E-state index contributed by atoms with van der Waals surface area (Å²) in [5.41, 5.74) is 0. The van der Waals surface area contributed by atoms with Gasteiger partial charge < -0.3 is 5.32 Å². The Labute approximate surface area is 91.9 Å². The molecule has 0 radical (unpaired) electrons. The van der Waals surface area contributed by atoms with Crippen molar-refractivity contribution in [3.63, 3.8) is 0 Å². The molecule has 0 amide bonds. The number of rotatable bonds is 5. The third-order valence-corrected chi connectivity index (χ3v) is 1.85. The van der Waals surface area contributed by atoms with Crippen molar-refractivity contribution in [2.75, 3.05) is 11.9 Å². The van der Waals surface area contributed by atoms with Gasteiger partial charge in [0.25, 0.3) is 6.43 Å². The molecule has 1 aromatic heterocycles. The van der Waals surface area contributed by atoms with Crippen LogP contribution in [-0.4, -0.2) is 22.9 Å². The molecule has 0 saturated heterocycles. The zero-order chi connectivity index (χ0) is 11.3. The Balaban J connectivity index is 2.70. The molecule has 0 unspecified atom stereocenters. The lowest BCUT2D eigenvalue weighted by molar-refractivity contribution is 0.163. The average molecular weight is 236 g/mol. The molecule has 0 aromatic carbocycles. The smallest absolute Gasteiger partial charge is 0.255 e. The number of hydrogen-bond acceptors (Lipinski definition) is 3. The maximum Gasteiger partial charge on any atom is 0.255 e. The highest BCUT2D eigenvalue weighted by Crippen LogP contribution is 2.12. The normalized spacial score (nSPS) is 10.7. The van der Waals surface area contributed by atoms with Gasteiger partial charge in [0.1, 0.15) is 16.8 Å². The molecule has 1 N–H and O–H groups in total. The molecule has 0 aliphatic heterocycles. The molecule has 0 spiro atoms. The highest BCUT2D eigenvalue weighted by atomic mass is 35.5. The van der Waals surface area contributed by atoms with Gasteiger partial charge in [-0.1, -0.05) is 18.5 Å². The zero-order valence-electron chi connectivity index (χ0n) is 8.30. The minimum atomic E-state index is -2.41. The molecule has 0 bridgehead atoms. The van der Waals surface area contributed by atoms with Crippen molar-refractivity contribution in [3.8, 4) is 0 Å². The largest absolute Gasteiger partial charge is 0.364 e. The van der Waals surface area contributed by atoms with Crippen LogP contribution in [0.1, 0.15) is 19.2 Å². The van der Waals surface area contributed by atoms with Gasteiger partial charge in [-0.25, -0.2) is 18.7 Å². The van der Waals surface area contributed by atoms with Crippen molar-refractivity contribution in [3.05, 3.63) is 17.0 Å². The first-order chi connectivity index (χ1) is 7.11. The van der Waals surface area contributed by atoms with Gasteiger partial charge in [-0.2, -0.15) is 0 Å². The van der Waals surface area contributed by atoms with Crippen molar-refractivity contribution in [1.82, 2.24) is 9.97 Å². The topological polar surface area (TPSA) is 37.8 Å². The molecule has 3 nitrogen and oxygen atoms in total. The van der Waals surface area contributed by atoms with Crippen LogP contribution in [0.5, 0.6) is 0 Å². The number of nitrogens with one attached hydrogen (secondary N) is 1. The standard InChI is InChI=1S/C9H12ClF2N3/c1-2-3-8-14-6(10)4-9(15-8)13-5-7(11)12/h4,7H,2-3,5H2,1H3,(H,13,14,15). The van der Waals surface area contributed by atoms with E-state index >= 15 is 0 Å². The number of nitrogens with zero attached hydrogens (tertiary/aromatic N) is 2. The van der Waals surface area contributed by atoms with Crippen molar-refractivity contribution in [2.24, 2.45) is 0 Å². The van der Waals surface area contributed by atoms with Crippen LogP contribution in [0.4, 0.5) is 14.6 Å². The van der Waals surface area contributed by atoms with Gasteiger partial charge in [-0.15, -0.1) is 0 Å².